The maximum absolute atomic E-state index is 11.9. The van der Waals surface area contributed by atoms with Crippen LogP contribution < -0.4 is 10.2 Å². The fourth-order valence-corrected chi connectivity index (χ4v) is 3.39. The molecule has 1 aromatic rings. The first-order valence-electron chi connectivity index (χ1n) is 7.64. The minimum atomic E-state index is 0.175. The van der Waals surface area contributed by atoms with Crippen molar-refractivity contribution in [2.75, 3.05) is 24.5 Å². The van der Waals surface area contributed by atoms with Crippen LogP contribution in [0.15, 0.2) is 0 Å². The molecule has 0 atom stereocenters. The van der Waals surface area contributed by atoms with Crippen molar-refractivity contribution in [1.29, 1.82) is 0 Å². The predicted molar refractivity (Wildman–Crippen MR) is 80.1 cm³/mol. The SMILES string of the molecule is CCCNC(=O)C1CCN(c2nc(C3CC3)ns2)CC1. The van der Waals surface area contributed by atoms with Gasteiger partial charge >= 0.3 is 0 Å². The van der Waals surface area contributed by atoms with Crippen molar-refractivity contribution < 1.29 is 4.79 Å². The van der Waals surface area contributed by atoms with Crippen molar-refractivity contribution in [3.05, 3.63) is 5.82 Å². The van der Waals surface area contributed by atoms with Crippen LogP contribution in [0.5, 0.6) is 0 Å². The van der Waals surface area contributed by atoms with Crippen LogP contribution >= 0.6 is 11.5 Å². The summed E-state index contributed by atoms with van der Waals surface area (Å²) in [6.45, 7) is 4.71. The maximum Gasteiger partial charge on any atom is 0.223 e. The van der Waals surface area contributed by atoms with E-state index in [9.17, 15) is 4.79 Å². The maximum atomic E-state index is 11.9. The molecule has 0 aromatic carbocycles. The summed E-state index contributed by atoms with van der Waals surface area (Å²) < 4.78 is 4.46. The van der Waals surface area contributed by atoms with Crippen molar-refractivity contribution in [2.45, 2.75) is 44.9 Å². The van der Waals surface area contributed by atoms with E-state index in [1.807, 2.05) is 0 Å². The van der Waals surface area contributed by atoms with E-state index in [1.165, 1.54) is 24.4 Å². The van der Waals surface area contributed by atoms with Crippen molar-refractivity contribution in [3.63, 3.8) is 0 Å². The highest BCUT2D eigenvalue weighted by molar-refractivity contribution is 7.09. The zero-order valence-corrected chi connectivity index (χ0v) is 12.8. The summed E-state index contributed by atoms with van der Waals surface area (Å²) in [4.78, 5) is 18.9. The van der Waals surface area contributed by atoms with E-state index >= 15 is 0 Å². The van der Waals surface area contributed by atoms with Gasteiger partial charge in [0, 0.05) is 43.0 Å². The van der Waals surface area contributed by atoms with Gasteiger partial charge in [-0.3, -0.25) is 4.79 Å². The van der Waals surface area contributed by atoms with E-state index < -0.39 is 0 Å². The van der Waals surface area contributed by atoms with E-state index in [0.29, 0.717) is 5.92 Å². The Balaban J connectivity index is 1.51. The van der Waals surface area contributed by atoms with E-state index in [0.717, 1.165) is 49.9 Å². The number of carbonyl (C=O) groups excluding carboxylic acids is 1. The van der Waals surface area contributed by atoms with Gasteiger partial charge in [-0.25, -0.2) is 4.98 Å². The molecule has 110 valence electrons. The molecule has 0 spiro atoms. The fourth-order valence-electron chi connectivity index (χ4n) is 2.59. The lowest BCUT2D eigenvalue weighted by molar-refractivity contribution is -0.125. The molecule has 0 radical (unpaired) electrons. The van der Waals surface area contributed by atoms with Crippen LogP contribution in [0.3, 0.4) is 0 Å². The average molecular weight is 294 g/mol. The van der Waals surface area contributed by atoms with Crippen LogP contribution in [-0.2, 0) is 4.79 Å². The van der Waals surface area contributed by atoms with E-state index in [2.05, 4.69) is 26.5 Å². The highest BCUT2D eigenvalue weighted by Gasteiger charge is 2.30. The number of nitrogens with one attached hydrogen (secondary N) is 1. The Morgan fingerprint density at radius 2 is 2.10 bits per heavy atom. The standard InChI is InChI=1S/C14H22N4OS/c1-2-7-15-13(19)11-5-8-18(9-6-11)14-16-12(17-20-14)10-3-4-10/h10-11H,2-9H2,1H3,(H,15,19). The lowest BCUT2D eigenvalue weighted by Gasteiger charge is -2.30. The Morgan fingerprint density at radius 1 is 1.35 bits per heavy atom. The summed E-state index contributed by atoms with van der Waals surface area (Å²) in [5, 5.41) is 4.04. The largest absolute Gasteiger partial charge is 0.356 e. The Kier molecular flexibility index (Phi) is 4.19. The number of anilines is 1. The van der Waals surface area contributed by atoms with Gasteiger partial charge in [-0.1, -0.05) is 6.92 Å². The van der Waals surface area contributed by atoms with E-state index in [1.54, 1.807) is 0 Å². The number of carbonyl (C=O) groups is 1. The van der Waals surface area contributed by atoms with Gasteiger partial charge in [0.15, 0.2) is 0 Å². The van der Waals surface area contributed by atoms with Gasteiger partial charge in [-0.2, -0.15) is 4.37 Å². The normalized spacial score (nSPS) is 20.1. The third-order valence-electron chi connectivity index (χ3n) is 4.06. The van der Waals surface area contributed by atoms with Gasteiger partial charge in [0.2, 0.25) is 11.0 Å². The first-order valence-corrected chi connectivity index (χ1v) is 8.41. The molecule has 0 unspecified atom stereocenters. The molecule has 1 saturated heterocycles. The van der Waals surface area contributed by atoms with Crippen molar-refractivity contribution in [3.8, 4) is 0 Å². The Bertz CT molecular complexity index is 463. The number of rotatable bonds is 5. The number of aromatic nitrogens is 2. The highest BCUT2D eigenvalue weighted by atomic mass is 32.1. The molecule has 3 rings (SSSR count). The average Bonchev–Trinajstić information content (AvgIpc) is 3.22. The zero-order chi connectivity index (χ0) is 13.9. The van der Waals surface area contributed by atoms with E-state index in [-0.39, 0.29) is 11.8 Å². The summed E-state index contributed by atoms with van der Waals surface area (Å²) in [5.41, 5.74) is 0. The number of hydrogen-bond acceptors (Lipinski definition) is 5. The van der Waals surface area contributed by atoms with Crippen LogP contribution in [0.1, 0.15) is 50.8 Å². The van der Waals surface area contributed by atoms with Crippen LogP contribution in [0.4, 0.5) is 5.13 Å². The Labute approximate surface area is 123 Å². The zero-order valence-electron chi connectivity index (χ0n) is 12.0. The van der Waals surface area contributed by atoms with Crippen molar-refractivity contribution in [1.82, 2.24) is 14.7 Å². The van der Waals surface area contributed by atoms with Crippen molar-refractivity contribution in [2.24, 2.45) is 5.92 Å². The summed E-state index contributed by atoms with van der Waals surface area (Å²) in [5.74, 6) is 2.06. The molecule has 1 aromatic heterocycles. The number of nitrogens with zero attached hydrogens (tertiary/aromatic N) is 3. The highest BCUT2D eigenvalue weighted by Crippen LogP contribution is 2.40. The molecular weight excluding hydrogens is 272 g/mol. The lowest BCUT2D eigenvalue weighted by Crippen LogP contribution is -2.40. The minimum absolute atomic E-state index is 0.175. The minimum Gasteiger partial charge on any atom is -0.356 e. The topological polar surface area (TPSA) is 58.1 Å². The summed E-state index contributed by atoms with van der Waals surface area (Å²) in [6, 6.07) is 0. The molecule has 1 aliphatic heterocycles. The quantitative estimate of drug-likeness (QED) is 0.904. The third-order valence-corrected chi connectivity index (χ3v) is 4.85. The third kappa shape index (κ3) is 3.11. The number of piperidine rings is 1. The second-order valence-corrected chi connectivity index (χ2v) is 6.49. The molecule has 1 N–H and O–H groups in total. The molecule has 5 nitrogen and oxygen atoms in total. The van der Waals surface area contributed by atoms with E-state index in [4.69, 9.17) is 0 Å². The fraction of sp³-hybridized carbons (Fsp3) is 0.786. The molecule has 2 fully saturated rings. The Morgan fingerprint density at radius 3 is 2.75 bits per heavy atom. The molecule has 2 aliphatic rings. The van der Waals surface area contributed by atoms with Crippen LogP contribution in [0, 0.1) is 5.92 Å². The van der Waals surface area contributed by atoms with Gasteiger partial charge < -0.3 is 10.2 Å². The summed E-state index contributed by atoms with van der Waals surface area (Å²) in [6.07, 6.45) is 5.34. The molecule has 1 saturated carbocycles. The van der Waals surface area contributed by atoms with Crippen molar-refractivity contribution >= 4 is 22.6 Å². The van der Waals surface area contributed by atoms with Gasteiger partial charge in [-0.15, -0.1) is 0 Å². The molecule has 2 heterocycles. The van der Waals surface area contributed by atoms with Crippen LogP contribution in [-0.4, -0.2) is 34.9 Å². The van der Waals surface area contributed by atoms with Crippen LogP contribution in [0.2, 0.25) is 0 Å². The Hall–Kier alpha value is -1.17. The predicted octanol–water partition coefficient (Wildman–Crippen LogP) is 2.16. The smallest absolute Gasteiger partial charge is 0.223 e. The van der Waals surface area contributed by atoms with Gasteiger partial charge in [0.1, 0.15) is 5.82 Å². The molecule has 0 bridgehead atoms. The molecule has 1 amide bonds. The monoisotopic (exact) mass is 294 g/mol. The lowest BCUT2D eigenvalue weighted by atomic mass is 9.96. The molecule has 1 aliphatic carbocycles. The molecule has 20 heavy (non-hydrogen) atoms. The summed E-state index contributed by atoms with van der Waals surface area (Å²) >= 11 is 1.51. The van der Waals surface area contributed by atoms with Gasteiger partial charge in [0.25, 0.3) is 0 Å². The second kappa shape index (κ2) is 6.08. The number of hydrogen-bond donors (Lipinski definition) is 1. The number of amides is 1. The van der Waals surface area contributed by atoms with Crippen LogP contribution in [0.25, 0.3) is 0 Å². The summed E-state index contributed by atoms with van der Waals surface area (Å²) in [7, 11) is 0. The molecular formula is C14H22N4OS. The van der Waals surface area contributed by atoms with Gasteiger partial charge in [-0.05, 0) is 32.1 Å². The molecule has 6 heteroatoms. The first kappa shape index (κ1) is 13.8. The van der Waals surface area contributed by atoms with Gasteiger partial charge in [0.05, 0.1) is 0 Å². The first-order chi connectivity index (χ1) is 9.78. The second-order valence-electron chi connectivity index (χ2n) is 5.76.